The second-order valence-corrected chi connectivity index (χ2v) is 7.27. The largest absolute Gasteiger partial charge is 0.351 e. The Morgan fingerprint density at radius 3 is 3.00 bits per heavy atom. The summed E-state index contributed by atoms with van der Waals surface area (Å²) in [5.41, 5.74) is 0. The average Bonchev–Trinajstić information content (AvgIpc) is 2.99. The third kappa shape index (κ3) is 2.82. The molecule has 3 aromatic rings. The van der Waals surface area contributed by atoms with Crippen LogP contribution in [0.5, 0.6) is 0 Å². The van der Waals surface area contributed by atoms with Crippen molar-refractivity contribution in [3.8, 4) is 21.5 Å². The molecule has 1 aliphatic carbocycles. The Hall–Kier alpha value is -1.99. The van der Waals surface area contributed by atoms with Crippen LogP contribution in [-0.4, -0.2) is 16.0 Å². The zero-order valence-electron chi connectivity index (χ0n) is 11.6. The minimum atomic E-state index is 0.162. The molecule has 0 atom stereocenters. The van der Waals surface area contributed by atoms with Crippen LogP contribution in [0.4, 0.5) is 0 Å². The molecule has 1 amide bonds. The Labute approximate surface area is 135 Å². The predicted octanol–water partition coefficient (Wildman–Crippen LogP) is 3.55. The molecular formula is C15H13N3O2S2. The van der Waals surface area contributed by atoms with E-state index in [9.17, 15) is 4.79 Å². The topological polar surface area (TPSA) is 68.0 Å². The van der Waals surface area contributed by atoms with Gasteiger partial charge in [-0.15, -0.1) is 22.7 Å². The summed E-state index contributed by atoms with van der Waals surface area (Å²) in [6, 6.07) is 7.87. The highest BCUT2D eigenvalue weighted by Gasteiger charge is 2.29. The van der Waals surface area contributed by atoms with Gasteiger partial charge in [-0.3, -0.25) is 4.79 Å². The number of hydrogen-bond donors (Lipinski definition) is 1. The fourth-order valence-corrected chi connectivity index (χ4v) is 3.60. The zero-order chi connectivity index (χ0) is 14.9. The van der Waals surface area contributed by atoms with Crippen LogP contribution in [0, 0.1) is 5.92 Å². The van der Waals surface area contributed by atoms with Crippen LogP contribution in [0.2, 0.25) is 0 Å². The molecule has 7 heteroatoms. The molecule has 0 aliphatic heterocycles. The smallest absolute Gasteiger partial charge is 0.268 e. The first-order valence-corrected chi connectivity index (χ1v) is 8.73. The van der Waals surface area contributed by atoms with Crippen molar-refractivity contribution in [2.24, 2.45) is 5.92 Å². The molecule has 1 N–H and O–H groups in total. The zero-order valence-corrected chi connectivity index (χ0v) is 13.2. The van der Waals surface area contributed by atoms with Gasteiger partial charge >= 0.3 is 0 Å². The lowest BCUT2D eigenvalue weighted by molar-refractivity contribution is -0.122. The maximum atomic E-state index is 11.6. The van der Waals surface area contributed by atoms with Gasteiger partial charge in [-0.2, -0.15) is 4.98 Å². The molecule has 0 unspecified atom stereocenters. The van der Waals surface area contributed by atoms with Crippen LogP contribution >= 0.6 is 22.7 Å². The van der Waals surface area contributed by atoms with Crippen LogP contribution in [0.3, 0.4) is 0 Å². The highest BCUT2D eigenvalue weighted by atomic mass is 32.1. The van der Waals surface area contributed by atoms with E-state index >= 15 is 0 Å². The van der Waals surface area contributed by atoms with E-state index in [4.69, 9.17) is 4.52 Å². The molecule has 1 fully saturated rings. The molecule has 0 bridgehead atoms. The maximum Gasteiger partial charge on any atom is 0.268 e. The second-order valence-electron chi connectivity index (χ2n) is 5.16. The van der Waals surface area contributed by atoms with Crippen LogP contribution < -0.4 is 5.32 Å². The molecule has 0 radical (unpaired) electrons. The van der Waals surface area contributed by atoms with Crippen LogP contribution in [0.25, 0.3) is 21.5 Å². The molecule has 0 spiro atoms. The Morgan fingerprint density at radius 2 is 2.23 bits per heavy atom. The number of hydrogen-bond acceptors (Lipinski definition) is 6. The number of rotatable bonds is 5. The van der Waals surface area contributed by atoms with E-state index in [1.165, 1.54) is 0 Å². The van der Waals surface area contributed by atoms with Crippen LogP contribution in [-0.2, 0) is 11.3 Å². The molecule has 0 aromatic carbocycles. The molecule has 5 nitrogen and oxygen atoms in total. The lowest BCUT2D eigenvalue weighted by Crippen LogP contribution is -2.23. The number of nitrogens with one attached hydrogen (secondary N) is 1. The van der Waals surface area contributed by atoms with Gasteiger partial charge in [-0.1, -0.05) is 11.2 Å². The summed E-state index contributed by atoms with van der Waals surface area (Å²) < 4.78 is 5.30. The normalized spacial score (nSPS) is 14.2. The van der Waals surface area contributed by atoms with Gasteiger partial charge in [0.2, 0.25) is 11.7 Å². The van der Waals surface area contributed by atoms with Crippen LogP contribution in [0.15, 0.2) is 34.2 Å². The lowest BCUT2D eigenvalue weighted by atomic mass is 10.3. The first-order chi connectivity index (χ1) is 10.8. The molecule has 22 heavy (non-hydrogen) atoms. The molecule has 1 aliphatic rings. The van der Waals surface area contributed by atoms with Crippen LogP contribution in [0.1, 0.15) is 17.7 Å². The molecule has 1 saturated carbocycles. The van der Waals surface area contributed by atoms with Crippen molar-refractivity contribution in [2.45, 2.75) is 19.4 Å². The minimum Gasteiger partial charge on any atom is -0.351 e. The highest BCUT2D eigenvalue weighted by molar-refractivity contribution is 7.15. The van der Waals surface area contributed by atoms with E-state index in [0.29, 0.717) is 18.3 Å². The molecule has 3 aromatic heterocycles. The van der Waals surface area contributed by atoms with Crippen molar-refractivity contribution < 1.29 is 9.32 Å². The van der Waals surface area contributed by atoms with E-state index < -0.39 is 0 Å². The summed E-state index contributed by atoms with van der Waals surface area (Å²) in [6.45, 7) is 0.565. The number of amides is 1. The summed E-state index contributed by atoms with van der Waals surface area (Å²) in [5.74, 6) is 1.54. The van der Waals surface area contributed by atoms with Gasteiger partial charge in [-0.25, -0.2) is 0 Å². The Balaban J connectivity index is 1.45. The molecule has 112 valence electrons. The van der Waals surface area contributed by atoms with Gasteiger partial charge in [0, 0.05) is 10.8 Å². The van der Waals surface area contributed by atoms with Crippen molar-refractivity contribution in [1.29, 1.82) is 0 Å². The minimum absolute atomic E-state index is 0.162. The summed E-state index contributed by atoms with van der Waals surface area (Å²) in [7, 11) is 0. The number of nitrogens with zero attached hydrogens (tertiary/aromatic N) is 2. The fraction of sp³-hybridized carbons (Fsp3) is 0.267. The molecule has 0 saturated heterocycles. The van der Waals surface area contributed by atoms with Crippen molar-refractivity contribution in [3.63, 3.8) is 0 Å². The van der Waals surface area contributed by atoms with Crippen molar-refractivity contribution >= 4 is 28.6 Å². The maximum absolute atomic E-state index is 11.6. The van der Waals surface area contributed by atoms with E-state index in [0.717, 1.165) is 27.5 Å². The van der Waals surface area contributed by atoms with E-state index in [2.05, 4.69) is 15.5 Å². The first-order valence-electron chi connectivity index (χ1n) is 7.04. The summed E-state index contributed by atoms with van der Waals surface area (Å²) >= 11 is 3.14. The monoisotopic (exact) mass is 331 g/mol. The Morgan fingerprint density at radius 1 is 1.32 bits per heavy atom. The van der Waals surface area contributed by atoms with Gasteiger partial charge in [0.1, 0.15) is 0 Å². The predicted molar refractivity (Wildman–Crippen MR) is 85.5 cm³/mol. The van der Waals surface area contributed by atoms with Gasteiger partial charge in [0.05, 0.1) is 16.3 Å². The van der Waals surface area contributed by atoms with Gasteiger partial charge < -0.3 is 9.84 Å². The van der Waals surface area contributed by atoms with E-state index in [1.807, 2.05) is 29.6 Å². The van der Waals surface area contributed by atoms with Gasteiger partial charge in [-0.05, 0) is 36.4 Å². The Kier molecular flexibility index (Phi) is 3.51. The number of aromatic nitrogens is 2. The van der Waals surface area contributed by atoms with Crippen molar-refractivity contribution in [2.75, 3.05) is 0 Å². The molecule has 3 heterocycles. The average molecular weight is 331 g/mol. The second kappa shape index (κ2) is 5.66. The SMILES string of the molecule is O=C(NCc1ccc(-c2noc(-c3cccs3)n2)s1)C1CC1. The third-order valence-corrected chi connectivity index (χ3v) is 5.36. The quantitative estimate of drug-likeness (QED) is 0.776. The van der Waals surface area contributed by atoms with Crippen molar-refractivity contribution in [3.05, 3.63) is 34.5 Å². The molecular weight excluding hydrogens is 318 g/mol. The van der Waals surface area contributed by atoms with E-state index in [1.54, 1.807) is 22.7 Å². The fourth-order valence-electron chi connectivity index (χ4n) is 2.08. The first kappa shape index (κ1) is 13.7. The summed E-state index contributed by atoms with van der Waals surface area (Å²) in [6.07, 6.45) is 2.05. The third-order valence-electron chi connectivity index (χ3n) is 3.43. The van der Waals surface area contributed by atoms with Crippen molar-refractivity contribution in [1.82, 2.24) is 15.5 Å². The van der Waals surface area contributed by atoms with Gasteiger partial charge in [0.25, 0.3) is 5.89 Å². The summed E-state index contributed by atoms with van der Waals surface area (Å²) in [4.78, 5) is 19.1. The number of thiophene rings is 2. The standard InChI is InChI=1S/C15H13N3O2S2/c19-14(9-3-4-9)16-8-10-5-6-11(22-10)13-17-15(20-18-13)12-2-1-7-21-12/h1-2,5-7,9H,3-4,8H2,(H,16,19). The highest BCUT2D eigenvalue weighted by Crippen LogP contribution is 2.31. The summed E-state index contributed by atoms with van der Waals surface area (Å²) in [5, 5.41) is 8.97. The van der Waals surface area contributed by atoms with E-state index in [-0.39, 0.29) is 11.8 Å². The van der Waals surface area contributed by atoms with Gasteiger partial charge in [0.15, 0.2) is 0 Å². The lowest BCUT2D eigenvalue weighted by Gasteiger charge is -2.00. The number of carbonyl (C=O) groups excluding carboxylic acids is 1. The molecule has 4 rings (SSSR count). The Bertz CT molecular complexity index is 787. The number of carbonyl (C=O) groups is 1.